The highest BCUT2D eigenvalue weighted by atomic mass is 35.5. The smallest absolute Gasteiger partial charge is 0.275 e. The molecule has 0 fully saturated rings. The van der Waals surface area contributed by atoms with Gasteiger partial charge in [0, 0.05) is 10.6 Å². The maximum Gasteiger partial charge on any atom is 0.275 e. The van der Waals surface area contributed by atoms with Gasteiger partial charge in [0.2, 0.25) is 0 Å². The molecule has 2 rings (SSSR count). The van der Waals surface area contributed by atoms with Gasteiger partial charge in [0.05, 0.1) is 33.1 Å². The number of amides is 1. The molecule has 0 aliphatic rings. The van der Waals surface area contributed by atoms with Gasteiger partial charge < -0.3 is 14.2 Å². The first kappa shape index (κ1) is 17.6. The predicted octanol–water partition coefficient (Wildman–Crippen LogP) is 3.13. The Morgan fingerprint density at radius 1 is 1.04 bits per heavy atom. The lowest BCUT2D eigenvalue weighted by molar-refractivity contribution is 0.0952. The lowest BCUT2D eigenvalue weighted by atomic mass is 10.2. The fourth-order valence-corrected chi connectivity index (χ4v) is 2.19. The summed E-state index contributed by atoms with van der Waals surface area (Å²) in [6.07, 6.45) is 1.47. The molecule has 2 aromatic rings. The van der Waals surface area contributed by atoms with E-state index in [9.17, 15) is 4.79 Å². The summed E-state index contributed by atoms with van der Waals surface area (Å²) in [5.41, 5.74) is 3.39. The van der Waals surface area contributed by atoms with E-state index in [0.29, 0.717) is 33.4 Å². The molecular formula is C17H17ClN2O4. The average molecular weight is 349 g/mol. The number of hydrazone groups is 1. The largest absolute Gasteiger partial charge is 0.497 e. The quantitative estimate of drug-likeness (QED) is 0.643. The summed E-state index contributed by atoms with van der Waals surface area (Å²) in [6.45, 7) is 0. The van der Waals surface area contributed by atoms with Gasteiger partial charge in [-0.25, -0.2) is 5.43 Å². The third-order valence-electron chi connectivity index (χ3n) is 3.21. The second-order valence-electron chi connectivity index (χ2n) is 4.65. The second kappa shape index (κ2) is 8.21. The predicted molar refractivity (Wildman–Crippen MR) is 92.6 cm³/mol. The molecule has 0 aliphatic heterocycles. The average Bonchev–Trinajstić information content (AvgIpc) is 2.61. The van der Waals surface area contributed by atoms with Crippen molar-refractivity contribution in [1.29, 1.82) is 0 Å². The zero-order valence-electron chi connectivity index (χ0n) is 13.5. The normalized spacial score (nSPS) is 10.5. The van der Waals surface area contributed by atoms with E-state index in [1.165, 1.54) is 19.4 Å². The van der Waals surface area contributed by atoms with Crippen molar-refractivity contribution >= 4 is 23.7 Å². The van der Waals surface area contributed by atoms with Gasteiger partial charge in [0.15, 0.2) is 0 Å². The van der Waals surface area contributed by atoms with Crippen molar-refractivity contribution in [2.45, 2.75) is 0 Å². The molecule has 24 heavy (non-hydrogen) atoms. The lowest BCUT2D eigenvalue weighted by Crippen LogP contribution is -2.18. The Morgan fingerprint density at radius 3 is 2.42 bits per heavy atom. The Morgan fingerprint density at radius 2 is 1.75 bits per heavy atom. The summed E-state index contributed by atoms with van der Waals surface area (Å²) in [5.74, 6) is 1.23. The summed E-state index contributed by atoms with van der Waals surface area (Å²) in [7, 11) is 4.59. The molecule has 0 radical (unpaired) electrons. The van der Waals surface area contributed by atoms with E-state index in [2.05, 4.69) is 10.5 Å². The topological polar surface area (TPSA) is 69.2 Å². The maximum absolute atomic E-state index is 12.2. The summed E-state index contributed by atoms with van der Waals surface area (Å²) >= 11 is 5.92. The number of benzene rings is 2. The van der Waals surface area contributed by atoms with Crippen molar-refractivity contribution in [1.82, 2.24) is 5.43 Å². The highest BCUT2D eigenvalue weighted by Crippen LogP contribution is 2.23. The Kier molecular flexibility index (Phi) is 6.03. The number of nitrogens with zero attached hydrogens (tertiary/aromatic N) is 1. The zero-order chi connectivity index (χ0) is 17.5. The van der Waals surface area contributed by atoms with E-state index in [4.69, 9.17) is 25.8 Å². The highest BCUT2D eigenvalue weighted by molar-refractivity contribution is 6.31. The number of ether oxygens (including phenoxy) is 3. The van der Waals surface area contributed by atoms with Crippen LogP contribution in [0.4, 0.5) is 0 Å². The van der Waals surface area contributed by atoms with Crippen LogP contribution in [-0.4, -0.2) is 33.5 Å². The fraction of sp³-hybridized carbons (Fsp3) is 0.176. The minimum atomic E-state index is -0.438. The summed E-state index contributed by atoms with van der Waals surface area (Å²) in [5, 5.41) is 4.38. The van der Waals surface area contributed by atoms with E-state index in [1.54, 1.807) is 44.6 Å². The summed E-state index contributed by atoms with van der Waals surface area (Å²) in [6, 6.07) is 10.0. The molecule has 6 nitrogen and oxygen atoms in total. The van der Waals surface area contributed by atoms with E-state index >= 15 is 0 Å². The summed E-state index contributed by atoms with van der Waals surface area (Å²) in [4.78, 5) is 12.2. The van der Waals surface area contributed by atoms with E-state index in [0.717, 1.165) is 0 Å². The number of methoxy groups -OCH3 is 3. The molecule has 126 valence electrons. The molecule has 7 heteroatoms. The van der Waals surface area contributed by atoms with E-state index in [1.807, 2.05) is 0 Å². The number of halogens is 1. The van der Waals surface area contributed by atoms with Gasteiger partial charge in [-0.1, -0.05) is 11.6 Å². The van der Waals surface area contributed by atoms with Crippen LogP contribution in [0.5, 0.6) is 17.2 Å². The van der Waals surface area contributed by atoms with Crippen molar-refractivity contribution in [2.24, 2.45) is 5.10 Å². The van der Waals surface area contributed by atoms with Gasteiger partial charge >= 0.3 is 0 Å². The van der Waals surface area contributed by atoms with E-state index < -0.39 is 5.91 Å². The standard InChI is InChI=1S/C17H17ClN2O4/c1-22-13-5-7-15(23-2)11(8-13)10-19-20-17(21)14-9-12(18)4-6-16(14)24-3/h4-10H,1-3H3,(H,20,21)/b19-10+. The molecule has 0 spiro atoms. The van der Waals surface area contributed by atoms with Crippen molar-refractivity contribution in [2.75, 3.05) is 21.3 Å². The molecular weight excluding hydrogens is 332 g/mol. The number of carbonyl (C=O) groups excluding carboxylic acids is 1. The Balaban J connectivity index is 2.17. The van der Waals surface area contributed by atoms with Crippen LogP contribution in [0.15, 0.2) is 41.5 Å². The van der Waals surface area contributed by atoms with Crippen molar-refractivity contribution in [3.05, 3.63) is 52.5 Å². The maximum atomic E-state index is 12.2. The van der Waals surface area contributed by atoms with Gasteiger partial charge in [-0.05, 0) is 36.4 Å². The molecule has 0 aromatic heterocycles. The van der Waals surface area contributed by atoms with Gasteiger partial charge in [-0.2, -0.15) is 5.10 Å². The molecule has 0 atom stereocenters. The van der Waals surface area contributed by atoms with Gasteiger partial charge in [0.25, 0.3) is 5.91 Å². The Hall–Kier alpha value is -2.73. The molecule has 0 saturated carbocycles. The Labute approximate surface area is 145 Å². The fourth-order valence-electron chi connectivity index (χ4n) is 2.02. The molecule has 0 saturated heterocycles. The number of carbonyl (C=O) groups is 1. The van der Waals surface area contributed by atoms with Crippen LogP contribution in [-0.2, 0) is 0 Å². The first-order valence-electron chi connectivity index (χ1n) is 6.98. The number of hydrogen-bond acceptors (Lipinski definition) is 5. The van der Waals surface area contributed by atoms with Crippen LogP contribution in [0.25, 0.3) is 0 Å². The van der Waals surface area contributed by atoms with Crippen molar-refractivity contribution in [3.8, 4) is 17.2 Å². The van der Waals surface area contributed by atoms with Crippen molar-refractivity contribution < 1.29 is 19.0 Å². The SMILES string of the molecule is COc1ccc(OC)c(/C=N/NC(=O)c2cc(Cl)ccc2OC)c1. The Bertz CT molecular complexity index is 762. The third kappa shape index (κ3) is 4.17. The minimum Gasteiger partial charge on any atom is -0.497 e. The van der Waals surface area contributed by atoms with Gasteiger partial charge in [0.1, 0.15) is 17.2 Å². The van der Waals surface area contributed by atoms with Crippen molar-refractivity contribution in [3.63, 3.8) is 0 Å². The first-order chi connectivity index (χ1) is 11.6. The first-order valence-corrected chi connectivity index (χ1v) is 7.35. The van der Waals surface area contributed by atoms with E-state index in [-0.39, 0.29) is 0 Å². The molecule has 0 bridgehead atoms. The summed E-state index contributed by atoms with van der Waals surface area (Å²) < 4.78 is 15.5. The molecule has 1 amide bonds. The second-order valence-corrected chi connectivity index (χ2v) is 5.09. The van der Waals surface area contributed by atoms with Gasteiger partial charge in [-0.15, -0.1) is 0 Å². The number of rotatable bonds is 6. The number of hydrogen-bond donors (Lipinski definition) is 1. The monoisotopic (exact) mass is 348 g/mol. The molecule has 1 N–H and O–H groups in total. The molecule has 2 aromatic carbocycles. The highest BCUT2D eigenvalue weighted by Gasteiger charge is 2.12. The number of nitrogens with one attached hydrogen (secondary N) is 1. The van der Waals surface area contributed by atoms with Crippen LogP contribution in [0.1, 0.15) is 15.9 Å². The third-order valence-corrected chi connectivity index (χ3v) is 3.45. The molecule has 0 unspecified atom stereocenters. The molecule has 0 heterocycles. The van der Waals surface area contributed by atoms with Crippen LogP contribution >= 0.6 is 11.6 Å². The van der Waals surface area contributed by atoms with Crippen LogP contribution in [0.3, 0.4) is 0 Å². The minimum absolute atomic E-state index is 0.291. The molecule has 0 aliphatic carbocycles. The van der Waals surface area contributed by atoms with Crippen LogP contribution in [0, 0.1) is 0 Å². The van der Waals surface area contributed by atoms with Crippen LogP contribution < -0.4 is 19.6 Å². The lowest BCUT2D eigenvalue weighted by Gasteiger charge is -2.08. The van der Waals surface area contributed by atoms with Gasteiger partial charge in [-0.3, -0.25) is 4.79 Å². The van der Waals surface area contributed by atoms with Crippen LogP contribution in [0.2, 0.25) is 5.02 Å². The zero-order valence-corrected chi connectivity index (χ0v) is 14.3.